The molecule has 3 aliphatic carbocycles. The highest BCUT2D eigenvalue weighted by Crippen LogP contribution is 2.63. The summed E-state index contributed by atoms with van der Waals surface area (Å²) in [5.74, 6) is 1.23. The van der Waals surface area contributed by atoms with Crippen LogP contribution in [-0.4, -0.2) is 43.5 Å². The molecule has 4 fully saturated rings. The summed E-state index contributed by atoms with van der Waals surface area (Å²) >= 11 is 20.0. The fourth-order valence-electron chi connectivity index (χ4n) is 5.22. The molecular weight excluding hydrogens is 471 g/mol. The van der Waals surface area contributed by atoms with E-state index < -0.39 is 5.60 Å². The zero-order chi connectivity index (χ0) is 22.3. The molecule has 0 spiro atoms. The average Bonchev–Trinajstić information content (AvgIpc) is 3.02. The van der Waals surface area contributed by atoms with Gasteiger partial charge in [0.15, 0.2) is 5.15 Å². The van der Waals surface area contributed by atoms with Gasteiger partial charge in [-0.1, -0.05) is 34.8 Å². The van der Waals surface area contributed by atoms with Gasteiger partial charge in [-0.15, -0.1) is 0 Å². The van der Waals surface area contributed by atoms with E-state index in [2.05, 4.69) is 25.3 Å². The standard InChI is InChI=1S/C22H23Cl3N6O/c1-21(32)2-4-30(5-3-21)18-14(23)6-13-10-26-20(29-17(13)16(18)24)28-15-11-27-31(19(15)25)22-7-12(8-22)9-22/h6,10-12,32H,2-5,7-9H2,1H3,(H,26,28,29). The minimum atomic E-state index is -0.658. The van der Waals surface area contributed by atoms with Gasteiger partial charge in [-0.3, -0.25) is 0 Å². The van der Waals surface area contributed by atoms with Crippen LogP contribution in [0.4, 0.5) is 17.3 Å². The molecule has 3 heterocycles. The van der Waals surface area contributed by atoms with E-state index in [1.165, 1.54) is 0 Å². The monoisotopic (exact) mass is 492 g/mol. The molecule has 7 rings (SSSR count). The molecular formula is C22H23Cl3N6O. The number of hydrogen-bond donors (Lipinski definition) is 2. The maximum atomic E-state index is 10.3. The topological polar surface area (TPSA) is 79.1 Å². The molecule has 0 amide bonds. The highest BCUT2D eigenvalue weighted by Gasteiger charge is 2.59. The lowest BCUT2D eigenvalue weighted by molar-refractivity contribution is -0.0975. The van der Waals surface area contributed by atoms with Crippen LogP contribution in [-0.2, 0) is 5.54 Å². The number of aromatic nitrogens is 4. The molecule has 2 aromatic heterocycles. The quantitative estimate of drug-likeness (QED) is 0.507. The van der Waals surface area contributed by atoms with Gasteiger partial charge in [-0.2, -0.15) is 5.10 Å². The molecule has 4 aliphatic rings. The van der Waals surface area contributed by atoms with Crippen LogP contribution in [0, 0.1) is 5.92 Å². The summed E-state index contributed by atoms with van der Waals surface area (Å²) in [6, 6.07) is 1.84. The Bertz CT molecular complexity index is 1220. The second-order valence-electron chi connectivity index (χ2n) is 9.73. The smallest absolute Gasteiger partial charge is 0.227 e. The second kappa shape index (κ2) is 7.10. The van der Waals surface area contributed by atoms with Gasteiger partial charge >= 0.3 is 0 Å². The highest BCUT2D eigenvalue weighted by atomic mass is 35.5. The van der Waals surface area contributed by atoms with Crippen molar-refractivity contribution >= 4 is 63.0 Å². The number of aliphatic hydroxyl groups is 1. The molecule has 0 atom stereocenters. The largest absolute Gasteiger partial charge is 0.390 e. The zero-order valence-corrected chi connectivity index (χ0v) is 19.8. The van der Waals surface area contributed by atoms with Crippen LogP contribution in [0.15, 0.2) is 18.5 Å². The molecule has 1 aliphatic heterocycles. The summed E-state index contributed by atoms with van der Waals surface area (Å²) in [5.41, 5.74) is 1.49. The van der Waals surface area contributed by atoms with E-state index in [0.29, 0.717) is 58.3 Å². The minimum absolute atomic E-state index is 0.111. The van der Waals surface area contributed by atoms with Crippen LogP contribution in [0.25, 0.3) is 10.9 Å². The van der Waals surface area contributed by atoms with Gasteiger partial charge in [-0.25, -0.2) is 14.6 Å². The molecule has 10 heteroatoms. The number of benzene rings is 1. The van der Waals surface area contributed by atoms with Crippen molar-refractivity contribution in [3.8, 4) is 0 Å². The van der Waals surface area contributed by atoms with Crippen LogP contribution in [0.5, 0.6) is 0 Å². The highest BCUT2D eigenvalue weighted by molar-refractivity contribution is 6.42. The van der Waals surface area contributed by atoms with Gasteiger partial charge in [0.05, 0.1) is 44.3 Å². The van der Waals surface area contributed by atoms with Crippen molar-refractivity contribution in [2.45, 2.75) is 50.2 Å². The summed E-state index contributed by atoms with van der Waals surface area (Å²) in [5, 5.41) is 20.4. The van der Waals surface area contributed by atoms with E-state index in [-0.39, 0.29) is 5.54 Å². The SMILES string of the molecule is CC1(O)CCN(c2c(Cl)cc3cnc(Nc4cnn(C56CC(C5)C6)c4Cl)nc3c2Cl)CC1. The molecule has 2 bridgehead atoms. The lowest BCUT2D eigenvalue weighted by atomic mass is 9.50. The number of nitrogens with one attached hydrogen (secondary N) is 1. The summed E-state index contributed by atoms with van der Waals surface area (Å²) in [6.45, 7) is 3.21. The van der Waals surface area contributed by atoms with Crippen LogP contribution >= 0.6 is 34.8 Å². The molecule has 0 unspecified atom stereocenters. The first kappa shape index (κ1) is 20.8. The Labute approximate surface area is 200 Å². The van der Waals surface area contributed by atoms with Gasteiger partial charge in [0.1, 0.15) is 0 Å². The van der Waals surface area contributed by atoms with Crippen molar-refractivity contribution in [3.05, 3.63) is 33.7 Å². The Hall–Kier alpha value is -1.80. The Morgan fingerprint density at radius 3 is 2.50 bits per heavy atom. The molecule has 32 heavy (non-hydrogen) atoms. The third-order valence-corrected chi connectivity index (χ3v) is 8.32. The van der Waals surface area contributed by atoms with E-state index in [1.54, 1.807) is 12.4 Å². The predicted molar refractivity (Wildman–Crippen MR) is 127 cm³/mol. The lowest BCUT2D eigenvalue weighted by Crippen LogP contribution is -2.59. The van der Waals surface area contributed by atoms with E-state index in [1.807, 2.05) is 17.7 Å². The molecule has 168 valence electrons. The minimum Gasteiger partial charge on any atom is -0.390 e. The first-order valence-corrected chi connectivity index (χ1v) is 12.0. The van der Waals surface area contributed by atoms with E-state index >= 15 is 0 Å². The number of nitrogens with zero attached hydrogens (tertiary/aromatic N) is 5. The van der Waals surface area contributed by atoms with Crippen LogP contribution < -0.4 is 10.2 Å². The van der Waals surface area contributed by atoms with Crippen LogP contribution in [0.1, 0.15) is 39.0 Å². The lowest BCUT2D eigenvalue weighted by Gasteiger charge is -2.61. The first-order chi connectivity index (χ1) is 15.2. The average molecular weight is 494 g/mol. The maximum Gasteiger partial charge on any atom is 0.227 e. The van der Waals surface area contributed by atoms with Gasteiger partial charge in [0.25, 0.3) is 0 Å². The normalized spacial score (nSPS) is 26.0. The first-order valence-electron chi connectivity index (χ1n) is 10.9. The molecule has 3 saturated carbocycles. The van der Waals surface area contributed by atoms with Gasteiger partial charge in [-0.05, 0) is 51.0 Å². The number of hydrogen-bond acceptors (Lipinski definition) is 6. The van der Waals surface area contributed by atoms with Crippen LogP contribution in [0.2, 0.25) is 15.2 Å². The number of rotatable bonds is 4. The van der Waals surface area contributed by atoms with Crippen molar-refractivity contribution in [1.29, 1.82) is 0 Å². The van der Waals surface area contributed by atoms with Gasteiger partial charge < -0.3 is 15.3 Å². The van der Waals surface area contributed by atoms with Crippen molar-refractivity contribution in [2.24, 2.45) is 5.92 Å². The fourth-order valence-corrected chi connectivity index (χ4v) is 6.29. The summed E-state index contributed by atoms with van der Waals surface area (Å²) in [6.07, 6.45) is 8.21. The number of anilines is 3. The number of fused-ring (bicyclic) bond motifs is 1. The fraction of sp³-hybridized carbons (Fsp3) is 0.500. The van der Waals surface area contributed by atoms with Crippen molar-refractivity contribution in [2.75, 3.05) is 23.3 Å². The van der Waals surface area contributed by atoms with E-state index in [4.69, 9.17) is 34.8 Å². The zero-order valence-electron chi connectivity index (χ0n) is 17.6. The molecule has 7 nitrogen and oxygen atoms in total. The molecule has 2 N–H and O–H groups in total. The Morgan fingerprint density at radius 2 is 1.84 bits per heavy atom. The van der Waals surface area contributed by atoms with Crippen molar-refractivity contribution < 1.29 is 5.11 Å². The Kier molecular flexibility index (Phi) is 4.61. The Morgan fingerprint density at radius 1 is 1.12 bits per heavy atom. The molecule has 1 saturated heterocycles. The van der Waals surface area contributed by atoms with E-state index in [0.717, 1.165) is 36.3 Å². The molecule has 3 aromatic rings. The Balaban J connectivity index is 1.31. The summed E-state index contributed by atoms with van der Waals surface area (Å²) in [4.78, 5) is 11.2. The second-order valence-corrected chi connectivity index (χ2v) is 10.9. The third kappa shape index (κ3) is 3.16. The van der Waals surface area contributed by atoms with Crippen LogP contribution in [0.3, 0.4) is 0 Å². The molecule has 0 radical (unpaired) electrons. The summed E-state index contributed by atoms with van der Waals surface area (Å²) < 4.78 is 1.94. The van der Waals surface area contributed by atoms with Crippen molar-refractivity contribution in [3.63, 3.8) is 0 Å². The predicted octanol–water partition coefficient (Wildman–Crippen LogP) is 5.39. The van der Waals surface area contributed by atoms with Crippen molar-refractivity contribution in [1.82, 2.24) is 19.7 Å². The third-order valence-electron chi connectivity index (χ3n) is 7.31. The summed E-state index contributed by atoms with van der Waals surface area (Å²) in [7, 11) is 0. The molecule has 1 aromatic carbocycles. The van der Waals surface area contributed by atoms with Gasteiger partial charge in [0, 0.05) is 24.7 Å². The van der Waals surface area contributed by atoms with E-state index in [9.17, 15) is 5.11 Å². The number of halogens is 3. The number of piperidine rings is 1. The van der Waals surface area contributed by atoms with Gasteiger partial charge in [0.2, 0.25) is 5.95 Å². The maximum absolute atomic E-state index is 10.3.